The minimum atomic E-state index is 0.0975. The number of aromatic nitrogens is 2. The van der Waals surface area contributed by atoms with Gasteiger partial charge in [-0.3, -0.25) is 0 Å². The van der Waals surface area contributed by atoms with E-state index in [2.05, 4.69) is 10.1 Å². The number of rotatable bonds is 4. The standard InChI is InChI=1S/C12H11N3O3/c1-16-9-4-3-8(7-10(9)17-2)12-14-11(5-6-13)18-15-12/h3-4,7H,5H2,1-2H3. The summed E-state index contributed by atoms with van der Waals surface area (Å²) in [6.45, 7) is 0. The highest BCUT2D eigenvalue weighted by Crippen LogP contribution is 2.31. The van der Waals surface area contributed by atoms with Crippen molar-refractivity contribution >= 4 is 0 Å². The molecule has 0 unspecified atom stereocenters. The third-order valence-electron chi connectivity index (χ3n) is 2.34. The maximum Gasteiger partial charge on any atom is 0.241 e. The minimum Gasteiger partial charge on any atom is -0.493 e. The molecule has 0 radical (unpaired) electrons. The minimum absolute atomic E-state index is 0.0975. The van der Waals surface area contributed by atoms with Gasteiger partial charge in [0.2, 0.25) is 11.7 Å². The maximum absolute atomic E-state index is 8.54. The Hall–Kier alpha value is -2.55. The van der Waals surface area contributed by atoms with E-state index in [4.69, 9.17) is 19.3 Å². The highest BCUT2D eigenvalue weighted by atomic mass is 16.5. The Morgan fingerprint density at radius 3 is 2.72 bits per heavy atom. The zero-order chi connectivity index (χ0) is 13.0. The van der Waals surface area contributed by atoms with Gasteiger partial charge in [-0.2, -0.15) is 10.2 Å². The van der Waals surface area contributed by atoms with Crippen LogP contribution in [0.25, 0.3) is 11.4 Å². The van der Waals surface area contributed by atoms with Crippen LogP contribution in [0.4, 0.5) is 0 Å². The van der Waals surface area contributed by atoms with Crippen LogP contribution in [0.2, 0.25) is 0 Å². The van der Waals surface area contributed by atoms with Crippen molar-refractivity contribution in [2.24, 2.45) is 0 Å². The molecule has 0 saturated heterocycles. The number of ether oxygens (including phenoxy) is 2. The molecule has 0 amide bonds. The monoisotopic (exact) mass is 245 g/mol. The van der Waals surface area contributed by atoms with E-state index >= 15 is 0 Å². The third kappa shape index (κ3) is 2.25. The summed E-state index contributed by atoms with van der Waals surface area (Å²) in [5.74, 6) is 1.92. The molecule has 6 nitrogen and oxygen atoms in total. The molecule has 18 heavy (non-hydrogen) atoms. The number of nitrogens with zero attached hydrogens (tertiary/aromatic N) is 3. The zero-order valence-corrected chi connectivity index (χ0v) is 10.0. The van der Waals surface area contributed by atoms with Crippen LogP contribution in [-0.4, -0.2) is 24.4 Å². The lowest BCUT2D eigenvalue weighted by Crippen LogP contribution is -1.91. The van der Waals surface area contributed by atoms with Gasteiger partial charge >= 0.3 is 0 Å². The van der Waals surface area contributed by atoms with Gasteiger partial charge in [0.1, 0.15) is 6.42 Å². The lowest BCUT2D eigenvalue weighted by Gasteiger charge is -2.07. The number of nitriles is 1. The Balaban J connectivity index is 2.35. The van der Waals surface area contributed by atoms with Gasteiger partial charge in [0.15, 0.2) is 11.5 Å². The van der Waals surface area contributed by atoms with Crippen LogP contribution in [0.5, 0.6) is 11.5 Å². The number of hydrogen-bond acceptors (Lipinski definition) is 6. The van der Waals surface area contributed by atoms with E-state index in [0.29, 0.717) is 23.2 Å². The van der Waals surface area contributed by atoms with Crippen LogP contribution in [0.15, 0.2) is 22.7 Å². The first-order valence-corrected chi connectivity index (χ1v) is 5.20. The summed E-state index contributed by atoms with van der Waals surface area (Å²) < 4.78 is 15.3. The Labute approximate surface area is 104 Å². The molecule has 0 atom stereocenters. The first-order valence-electron chi connectivity index (χ1n) is 5.20. The maximum atomic E-state index is 8.54. The molecular formula is C12H11N3O3. The average Bonchev–Trinajstić information content (AvgIpc) is 2.87. The summed E-state index contributed by atoms with van der Waals surface area (Å²) in [6.07, 6.45) is 0.0975. The Morgan fingerprint density at radius 2 is 2.06 bits per heavy atom. The highest BCUT2D eigenvalue weighted by Gasteiger charge is 2.11. The van der Waals surface area contributed by atoms with Crippen molar-refractivity contribution in [3.8, 4) is 29.0 Å². The molecule has 0 aliphatic heterocycles. The van der Waals surface area contributed by atoms with Gasteiger partial charge in [-0.25, -0.2) is 0 Å². The van der Waals surface area contributed by atoms with Crippen molar-refractivity contribution in [2.75, 3.05) is 14.2 Å². The predicted octanol–water partition coefficient (Wildman–Crippen LogP) is 1.82. The molecular weight excluding hydrogens is 234 g/mol. The molecule has 0 saturated carbocycles. The SMILES string of the molecule is COc1ccc(-c2noc(CC#N)n2)cc1OC. The van der Waals surface area contributed by atoms with Crippen LogP contribution in [0, 0.1) is 11.3 Å². The lowest BCUT2D eigenvalue weighted by molar-refractivity contribution is 0.355. The molecule has 1 aromatic heterocycles. The van der Waals surface area contributed by atoms with E-state index in [9.17, 15) is 0 Å². The molecule has 92 valence electrons. The van der Waals surface area contributed by atoms with Crippen molar-refractivity contribution < 1.29 is 14.0 Å². The summed E-state index contributed by atoms with van der Waals surface area (Å²) in [5.41, 5.74) is 0.737. The lowest BCUT2D eigenvalue weighted by atomic mass is 10.2. The van der Waals surface area contributed by atoms with E-state index in [1.165, 1.54) is 0 Å². The van der Waals surface area contributed by atoms with Crippen molar-refractivity contribution in [2.45, 2.75) is 6.42 Å². The summed E-state index contributed by atoms with van der Waals surface area (Å²) in [4.78, 5) is 4.10. The van der Waals surface area contributed by atoms with Gasteiger partial charge in [-0.15, -0.1) is 0 Å². The Morgan fingerprint density at radius 1 is 1.28 bits per heavy atom. The van der Waals surface area contributed by atoms with Crippen LogP contribution < -0.4 is 9.47 Å². The summed E-state index contributed by atoms with van der Waals surface area (Å²) in [6, 6.07) is 7.25. The van der Waals surface area contributed by atoms with Gasteiger partial charge in [-0.1, -0.05) is 5.16 Å². The van der Waals surface area contributed by atoms with Crippen LogP contribution in [0.3, 0.4) is 0 Å². The van der Waals surface area contributed by atoms with Crippen molar-refractivity contribution in [1.82, 2.24) is 10.1 Å². The van der Waals surface area contributed by atoms with E-state index in [0.717, 1.165) is 5.56 Å². The first kappa shape index (κ1) is 11.9. The predicted molar refractivity (Wildman–Crippen MR) is 62.2 cm³/mol. The van der Waals surface area contributed by atoms with Gasteiger partial charge in [0.05, 0.1) is 20.3 Å². The molecule has 0 bridgehead atoms. The van der Waals surface area contributed by atoms with Crippen molar-refractivity contribution in [3.05, 3.63) is 24.1 Å². The molecule has 0 N–H and O–H groups in total. The average molecular weight is 245 g/mol. The smallest absolute Gasteiger partial charge is 0.241 e. The van der Waals surface area contributed by atoms with E-state index in [-0.39, 0.29) is 6.42 Å². The second-order valence-corrected chi connectivity index (χ2v) is 3.42. The molecule has 0 spiro atoms. The molecule has 6 heteroatoms. The molecule has 1 aromatic carbocycles. The zero-order valence-electron chi connectivity index (χ0n) is 10.0. The van der Waals surface area contributed by atoms with Gasteiger partial charge in [0.25, 0.3) is 0 Å². The molecule has 2 rings (SSSR count). The van der Waals surface area contributed by atoms with E-state index in [1.54, 1.807) is 32.4 Å². The van der Waals surface area contributed by atoms with Gasteiger partial charge in [0, 0.05) is 5.56 Å². The second-order valence-electron chi connectivity index (χ2n) is 3.42. The van der Waals surface area contributed by atoms with Gasteiger partial charge in [-0.05, 0) is 18.2 Å². The van der Waals surface area contributed by atoms with Crippen LogP contribution >= 0.6 is 0 Å². The molecule has 1 heterocycles. The third-order valence-corrected chi connectivity index (χ3v) is 2.34. The Kier molecular flexibility index (Phi) is 3.44. The van der Waals surface area contributed by atoms with Crippen LogP contribution in [-0.2, 0) is 6.42 Å². The molecule has 0 aliphatic rings. The topological polar surface area (TPSA) is 81.2 Å². The van der Waals surface area contributed by atoms with Crippen molar-refractivity contribution in [3.63, 3.8) is 0 Å². The Bertz CT molecular complexity index is 586. The van der Waals surface area contributed by atoms with E-state index < -0.39 is 0 Å². The first-order chi connectivity index (χ1) is 8.78. The summed E-state index contributed by atoms with van der Waals surface area (Å²) in [5, 5.41) is 12.3. The number of hydrogen-bond donors (Lipinski definition) is 0. The molecule has 2 aromatic rings. The molecule has 0 aliphatic carbocycles. The highest BCUT2D eigenvalue weighted by molar-refractivity contribution is 5.60. The summed E-state index contributed by atoms with van der Waals surface area (Å²) >= 11 is 0. The number of benzene rings is 1. The van der Waals surface area contributed by atoms with Gasteiger partial charge < -0.3 is 14.0 Å². The normalized spacial score (nSPS) is 9.83. The fourth-order valence-corrected chi connectivity index (χ4v) is 1.49. The number of methoxy groups -OCH3 is 2. The largest absolute Gasteiger partial charge is 0.493 e. The van der Waals surface area contributed by atoms with Crippen LogP contribution in [0.1, 0.15) is 5.89 Å². The second kappa shape index (κ2) is 5.19. The van der Waals surface area contributed by atoms with Crippen molar-refractivity contribution in [1.29, 1.82) is 5.26 Å². The fourth-order valence-electron chi connectivity index (χ4n) is 1.49. The molecule has 0 fully saturated rings. The quantitative estimate of drug-likeness (QED) is 0.817. The fraction of sp³-hybridized carbons (Fsp3) is 0.250. The summed E-state index contributed by atoms with van der Waals surface area (Å²) in [7, 11) is 3.12. The van der Waals surface area contributed by atoms with E-state index in [1.807, 2.05) is 6.07 Å².